The van der Waals surface area contributed by atoms with Gasteiger partial charge >= 0.3 is 6.18 Å². The Kier molecular flexibility index (Phi) is 5.58. The first-order valence-electron chi connectivity index (χ1n) is 8.57. The molecule has 1 atom stereocenters. The average molecular weight is 417 g/mol. The molecule has 0 N–H and O–H groups in total. The van der Waals surface area contributed by atoms with E-state index in [0.717, 1.165) is 23.2 Å². The van der Waals surface area contributed by atoms with Gasteiger partial charge in [-0.05, 0) is 6.07 Å². The Labute approximate surface area is 161 Å². The van der Waals surface area contributed by atoms with Crippen LogP contribution in [-0.2, 0) is 11.3 Å². The fraction of sp³-hybridized carbons (Fsp3) is 0.389. The summed E-state index contributed by atoms with van der Waals surface area (Å²) >= 11 is 0. The standard InChI is InChI=1S/C18H16F5N3O3/c1-29-11-7-12(19)16(13(20)8-11)10-6-15(27)25(9-10)14-2-4-24-26(17(14)28)5-3-18(21,22)23/h2,4,7-8,10H,3,5-6,9H2,1H3. The summed E-state index contributed by atoms with van der Waals surface area (Å²) in [6, 6.07) is 3.16. The zero-order chi connectivity index (χ0) is 21.3. The average Bonchev–Trinajstić information content (AvgIpc) is 3.00. The molecule has 0 aliphatic carbocycles. The predicted molar refractivity (Wildman–Crippen MR) is 91.8 cm³/mol. The lowest BCUT2D eigenvalue weighted by molar-refractivity contribution is -0.137. The summed E-state index contributed by atoms with van der Waals surface area (Å²) in [4.78, 5) is 25.9. The van der Waals surface area contributed by atoms with E-state index < -0.39 is 48.2 Å². The number of alkyl halides is 3. The van der Waals surface area contributed by atoms with Crippen molar-refractivity contribution in [2.24, 2.45) is 0 Å². The fourth-order valence-electron chi connectivity index (χ4n) is 3.24. The molecule has 11 heteroatoms. The molecule has 3 rings (SSSR count). The van der Waals surface area contributed by atoms with Gasteiger partial charge in [-0.25, -0.2) is 13.5 Å². The van der Waals surface area contributed by atoms with E-state index in [-0.39, 0.29) is 30.0 Å². The zero-order valence-corrected chi connectivity index (χ0v) is 15.2. The molecule has 1 aromatic carbocycles. The Hall–Kier alpha value is -2.98. The lowest BCUT2D eigenvalue weighted by Gasteiger charge is -2.18. The van der Waals surface area contributed by atoms with Crippen LogP contribution in [0.15, 0.2) is 29.2 Å². The van der Waals surface area contributed by atoms with Gasteiger partial charge in [0.1, 0.15) is 23.1 Å². The fourth-order valence-corrected chi connectivity index (χ4v) is 3.24. The van der Waals surface area contributed by atoms with Crippen LogP contribution in [0.4, 0.5) is 27.6 Å². The lowest BCUT2D eigenvalue weighted by atomic mass is 9.97. The SMILES string of the molecule is COc1cc(F)c(C2CC(=O)N(c3ccnn(CCC(F)(F)F)c3=O)C2)c(F)c1. The van der Waals surface area contributed by atoms with Crippen LogP contribution in [0.5, 0.6) is 5.75 Å². The van der Waals surface area contributed by atoms with Gasteiger partial charge in [-0.15, -0.1) is 0 Å². The van der Waals surface area contributed by atoms with E-state index in [9.17, 15) is 31.5 Å². The molecular formula is C18H16F5N3O3. The number of halogens is 5. The van der Waals surface area contributed by atoms with Crippen molar-refractivity contribution >= 4 is 11.6 Å². The Bertz CT molecular complexity index is 966. The number of methoxy groups -OCH3 is 1. The second-order valence-corrected chi connectivity index (χ2v) is 6.52. The van der Waals surface area contributed by atoms with Crippen LogP contribution in [0.2, 0.25) is 0 Å². The minimum absolute atomic E-state index is 0.0217. The van der Waals surface area contributed by atoms with E-state index in [1.165, 1.54) is 13.2 Å². The monoisotopic (exact) mass is 417 g/mol. The summed E-state index contributed by atoms with van der Waals surface area (Å²) in [7, 11) is 1.25. The first kappa shape index (κ1) is 20.7. The number of nitrogens with zero attached hydrogens (tertiary/aromatic N) is 3. The van der Waals surface area contributed by atoms with Gasteiger partial charge in [-0.2, -0.15) is 18.3 Å². The maximum absolute atomic E-state index is 14.3. The van der Waals surface area contributed by atoms with Crippen molar-refractivity contribution < 1.29 is 31.5 Å². The minimum Gasteiger partial charge on any atom is -0.497 e. The third-order valence-corrected chi connectivity index (χ3v) is 4.61. The molecule has 1 saturated heterocycles. The van der Waals surface area contributed by atoms with E-state index >= 15 is 0 Å². The first-order chi connectivity index (χ1) is 13.6. The number of carbonyl (C=O) groups is 1. The zero-order valence-electron chi connectivity index (χ0n) is 15.2. The molecule has 1 fully saturated rings. The summed E-state index contributed by atoms with van der Waals surface area (Å²) in [5.74, 6) is -3.25. The number of ether oxygens (including phenoxy) is 1. The van der Waals surface area contributed by atoms with Crippen LogP contribution < -0.4 is 15.2 Å². The molecule has 0 radical (unpaired) electrons. The Balaban J connectivity index is 1.88. The molecule has 156 valence electrons. The van der Waals surface area contributed by atoms with E-state index in [1.54, 1.807) is 0 Å². The Morgan fingerprint density at radius 3 is 2.45 bits per heavy atom. The summed E-state index contributed by atoms with van der Waals surface area (Å²) in [5, 5.41) is 3.60. The van der Waals surface area contributed by atoms with Crippen molar-refractivity contribution in [3.63, 3.8) is 0 Å². The number of anilines is 1. The van der Waals surface area contributed by atoms with E-state index in [2.05, 4.69) is 5.10 Å². The van der Waals surface area contributed by atoms with E-state index in [0.29, 0.717) is 4.68 Å². The molecule has 29 heavy (non-hydrogen) atoms. The van der Waals surface area contributed by atoms with E-state index in [4.69, 9.17) is 4.74 Å². The minimum atomic E-state index is -4.48. The molecule has 6 nitrogen and oxygen atoms in total. The molecule has 1 aliphatic rings. The van der Waals surface area contributed by atoms with Crippen LogP contribution in [-0.4, -0.2) is 35.5 Å². The van der Waals surface area contributed by atoms with Crippen LogP contribution in [0, 0.1) is 11.6 Å². The number of aromatic nitrogens is 2. The predicted octanol–water partition coefficient (Wildman–Crippen LogP) is 3.00. The third kappa shape index (κ3) is 4.38. The maximum Gasteiger partial charge on any atom is 0.390 e. The van der Waals surface area contributed by atoms with Crippen LogP contribution in [0.1, 0.15) is 24.3 Å². The number of hydrogen-bond acceptors (Lipinski definition) is 4. The van der Waals surface area contributed by atoms with Crippen LogP contribution >= 0.6 is 0 Å². The van der Waals surface area contributed by atoms with Gasteiger partial charge in [0.2, 0.25) is 5.91 Å². The molecule has 1 amide bonds. The Morgan fingerprint density at radius 2 is 1.86 bits per heavy atom. The highest BCUT2D eigenvalue weighted by molar-refractivity contribution is 5.96. The molecule has 1 aliphatic heterocycles. The number of benzene rings is 1. The van der Waals surface area contributed by atoms with Crippen molar-refractivity contribution in [1.82, 2.24) is 9.78 Å². The highest BCUT2D eigenvalue weighted by atomic mass is 19.4. The van der Waals surface area contributed by atoms with Crippen molar-refractivity contribution in [2.45, 2.75) is 31.5 Å². The highest BCUT2D eigenvalue weighted by Crippen LogP contribution is 2.35. The number of rotatable bonds is 5. The topological polar surface area (TPSA) is 64.4 Å². The molecule has 0 bridgehead atoms. The second kappa shape index (κ2) is 7.80. The molecule has 0 saturated carbocycles. The quantitative estimate of drug-likeness (QED) is 0.702. The van der Waals surface area contributed by atoms with Crippen LogP contribution in [0.25, 0.3) is 0 Å². The summed E-state index contributed by atoms with van der Waals surface area (Å²) in [6.07, 6.45) is -4.90. The number of carbonyl (C=O) groups excluding carboxylic acids is 1. The number of aryl methyl sites for hydroxylation is 1. The molecule has 0 spiro atoms. The molecule has 2 aromatic rings. The molecular weight excluding hydrogens is 401 g/mol. The van der Waals surface area contributed by atoms with Crippen molar-refractivity contribution in [3.05, 3.63) is 51.9 Å². The third-order valence-electron chi connectivity index (χ3n) is 4.61. The highest BCUT2D eigenvalue weighted by Gasteiger charge is 2.36. The van der Waals surface area contributed by atoms with Gasteiger partial charge in [0.25, 0.3) is 5.56 Å². The number of hydrogen-bond donors (Lipinski definition) is 0. The summed E-state index contributed by atoms with van der Waals surface area (Å²) < 4.78 is 71.3. The maximum atomic E-state index is 14.3. The molecule has 1 aromatic heterocycles. The van der Waals surface area contributed by atoms with Crippen molar-refractivity contribution in [3.8, 4) is 5.75 Å². The van der Waals surface area contributed by atoms with E-state index in [1.807, 2.05) is 0 Å². The summed E-state index contributed by atoms with van der Waals surface area (Å²) in [5.41, 5.74) is -1.39. The summed E-state index contributed by atoms with van der Waals surface area (Å²) in [6.45, 7) is -0.902. The van der Waals surface area contributed by atoms with Crippen molar-refractivity contribution in [1.29, 1.82) is 0 Å². The van der Waals surface area contributed by atoms with Gasteiger partial charge < -0.3 is 9.64 Å². The van der Waals surface area contributed by atoms with Gasteiger partial charge in [-0.1, -0.05) is 0 Å². The molecule has 2 heterocycles. The largest absolute Gasteiger partial charge is 0.497 e. The van der Waals surface area contributed by atoms with Crippen molar-refractivity contribution in [2.75, 3.05) is 18.6 Å². The van der Waals surface area contributed by atoms with Gasteiger partial charge in [-0.3, -0.25) is 9.59 Å². The van der Waals surface area contributed by atoms with Gasteiger partial charge in [0.05, 0.1) is 20.1 Å². The normalized spacial score (nSPS) is 17.1. The van der Waals surface area contributed by atoms with Gasteiger partial charge in [0, 0.05) is 42.8 Å². The van der Waals surface area contributed by atoms with Crippen LogP contribution in [0.3, 0.4) is 0 Å². The Morgan fingerprint density at radius 1 is 1.21 bits per heavy atom. The number of amides is 1. The van der Waals surface area contributed by atoms with Gasteiger partial charge in [0.15, 0.2) is 0 Å². The lowest BCUT2D eigenvalue weighted by Crippen LogP contribution is -2.34. The first-order valence-corrected chi connectivity index (χ1v) is 8.57. The smallest absolute Gasteiger partial charge is 0.390 e. The second-order valence-electron chi connectivity index (χ2n) is 6.52. The molecule has 1 unspecified atom stereocenters.